The minimum absolute atomic E-state index is 0.132. The molecule has 6 heteroatoms. The molecule has 4 aromatic rings. The summed E-state index contributed by atoms with van der Waals surface area (Å²) in [5.74, 6) is 0.199. The predicted molar refractivity (Wildman–Crippen MR) is 95.2 cm³/mol. The first kappa shape index (κ1) is 14.6. The van der Waals surface area contributed by atoms with Crippen molar-refractivity contribution in [1.82, 2.24) is 14.8 Å². The number of hydrogen-bond donors (Lipinski definition) is 1. The van der Waals surface area contributed by atoms with E-state index in [1.165, 1.54) is 16.0 Å². The largest absolute Gasteiger partial charge is 0.508 e. The van der Waals surface area contributed by atoms with Crippen LogP contribution in [0.5, 0.6) is 5.75 Å². The molecular formula is C18H13N3O2S. The molecule has 0 saturated heterocycles. The van der Waals surface area contributed by atoms with Crippen molar-refractivity contribution in [3.63, 3.8) is 0 Å². The molecule has 0 aliphatic rings. The molecule has 0 atom stereocenters. The fraction of sp³-hybridized carbons (Fsp3) is 0.0556. The van der Waals surface area contributed by atoms with E-state index in [2.05, 4.69) is 10.1 Å². The second kappa shape index (κ2) is 5.58. The minimum atomic E-state index is -0.132. The molecule has 0 radical (unpaired) electrons. The van der Waals surface area contributed by atoms with Gasteiger partial charge in [0.15, 0.2) is 0 Å². The highest BCUT2D eigenvalue weighted by Crippen LogP contribution is 2.36. The van der Waals surface area contributed by atoms with Crippen molar-refractivity contribution in [3.8, 4) is 28.1 Å². The molecule has 0 saturated carbocycles. The van der Waals surface area contributed by atoms with Crippen molar-refractivity contribution < 1.29 is 5.11 Å². The Hall–Kier alpha value is -2.99. The van der Waals surface area contributed by atoms with Crippen LogP contribution in [-0.2, 0) is 7.05 Å². The summed E-state index contributed by atoms with van der Waals surface area (Å²) in [6.07, 6.45) is 3.42. The minimum Gasteiger partial charge on any atom is -0.508 e. The lowest BCUT2D eigenvalue weighted by Crippen LogP contribution is -2.20. The maximum Gasteiger partial charge on any atom is 0.275 e. The van der Waals surface area contributed by atoms with Crippen LogP contribution in [-0.4, -0.2) is 19.9 Å². The molecule has 0 unspecified atom stereocenters. The Morgan fingerprint density at radius 1 is 1.04 bits per heavy atom. The van der Waals surface area contributed by atoms with Gasteiger partial charge in [-0.05, 0) is 29.8 Å². The van der Waals surface area contributed by atoms with E-state index in [1.54, 1.807) is 31.6 Å². The molecule has 5 nitrogen and oxygen atoms in total. The van der Waals surface area contributed by atoms with Gasteiger partial charge in [-0.25, -0.2) is 4.68 Å². The van der Waals surface area contributed by atoms with Crippen molar-refractivity contribution in [2.75, 3.05) is 0 Å². The van der Waals surface area contributed by atoms with E-state index in [0.29, 0.717) is 5.39 Å². The summed E-state index contributed by atoms with van der Waals surface area (Å²) in [5.41, 5.74) is 3.30. The van der Waals surface area contributed by atoms with Crippen molar-refractivity contribution in [3.05, 3.63) is 64.5 Å². The Morgan fingerprint density at radius 2 is 1.75 bits per heavy atom. The topological polar surface area (TPSA) is 68.0 Å². The Labute approximate surface area is 141 Å². The van der Waals surface area contributed by atoms with E-state index in [4.69, 9.17) is 0 Å². The second-order valence-corrected chi connectivity index (χ2v) is 6.29. The number of fused-ring (bicyclic) bond motifs is 1. The molecular weight excluding hydrogens is 322 g/mol. The van der Waals surface area contributed by atoms with Crippen molar-refractivity contribution >= 4 is 21.4 Å². The fourth-order valence-electron chi connectivity index (χ4n) is 2.70. The molecule has 24 heavy (non-hydrogen) atoms. The summed E-state index contributed by atoms with van der Waals surface area (Å²) in [6.45, 7) is 0. The van der Waals surface area contributed by atoms with Crippen molar-refractivity contribution in [2.45, 2.75) is 0 Å². The van der Waals surface area contributed by atoms with Gasteiger partial charge in [-0.2, -0.15) is 5.10 Å². The molecule has 0 fully saturated rings. The number of thiophene rings is 1. The Morgan fingerprint density at radius 3 is 2.46 bits per heavy atom. The van der Waals surface area contributed by atoms with Gasteiger partial charge < -0.3 is 5.11 Å². The van der Waals surface area contributed by atoms with Crippen LogP contribution in [0.25, 0.3) is 32.5 Å². The van der Waals surface area contributed by atoms with Gasteiger partial charge in [-0.3, -0.25) is 9.78 Å². The molecule has 1 N–H and O–H groups in total. The summed E-state index contributed by atoms with van der Waals surface area (Å²) in [7, 11) is 1.66. The number of phenolic OH excluding ortho intramolecular Hbond substituents is 1. The lowest BCUT2D eigenvalue weighted by atomic mass is 10.0. The lowest BCUT2D eigenvalue weighted by molar-refractivity contribution is 0.475. The number of aryl methyl sites for hydroxylation is 1. The maximum absolute atomic E-state index is 12.7. The summed E-state index contributed by atoms with van der Waals surface area (Å²) in [6, 6.07) is 10.6. The number of aromatic nitrogens is 3. The van der Waals surface area contributed by atoms with Gasteiger partial charge in [0, 0.05) is 35.9 Å². The number of phenols is 1. The van der Waals surface area contributed by atoms with Crippen LogP contribution in [0.3, 0.4) is 0 Å². The van der Waals surface area contributed by atoms with Crippen LogP contribution in [0.4, 0.5) is 0 Å². The highest BCUT2D eigenvalue weighted by Gasteiger charge is 2.17. The van der Waals surface area contributed by atoms with Crippen LogP contribution in [0, 0.1) is 0 Å². The van der Waals surface area contributed by atoms with Gasteiger partial charge in [-0.15, -0.1) is 11.3 Å². The van der Waals surface area contributed by atoms with Gasteiger partial charge in [0.2, 0.25) is 0 Å². The number of rotatable bonds is 2. The Kier molecular flexibility index (Phi) is 3.39. The Balaban J connectivity index is 2.04. The monoisotopic (exact) mass is 335 g/mol. The number of nitrogens with zero attached hydrogens (tertiary/aromatic N) is 3. The SMILES string of the molecule is Cn1nc(-c2ccncc2)c2scc(-c3ccc(O)cc3)c2c1=O. The summed E-state index contributed by atoms with van der Waals surface area (Å²) < 4.78 is 2.22. The first-order valence-electron chi connectivity index (χ1n) is 7.33. The lowest BCUT2D eigenvalue weighted by Gasteiger charge is -2.06. The molecule has 1 aromatic carbocycles. The zero-order chi connectivity index (χ0) is 16.7. The van der Waals surface area contributed by atoms with Crippen molar-refractivity contribution in [2.24, 2.45) is 7.05 Å². The average molecular weight is 335 g/mol. The standard InChI is InChI=1S/C18H13N3O2S/c1-21-18(23)15-14(11-2-4-13(22)5-3-11)10-24-17(15)16(20-21)12-6-8-19-9-7-12/h2-10,22H,1H3. The zero-order valence-electron chi connectivity index (χ0n) is 12.8. The number of benzene rings is 1. The van der Waals surface area contributed by atoms with Gasteiger partial charge in [-0.1, -0.05) is 12.1 Å². The van der Waals surface area contributed by atoms with E-state index < -0.39 is 0 Å². The van der Waals surface area contributed by atoms with E-state index in [1.807, 2.05) is 29.6 Å². The highest BCUT2D eigenvalue weighted by molar-refractivity contribution is 7.18. The summed E-state index contributed by atoms with van der Waals surface area (Å²) >= 11 is 1.50. The number of hydrogen-bond acceptors (Lipinski definition) is 5. The summed E-state index contributed by atoms with van der Waals surface area (Å²) in [5, 5.41) is 16.5. The molecule has 0 bridgehead atoms. The third-order valence-electron chi connectivity index (χ3n) is 3.90. The molecule has 0 amide bonds. The van der Waals surface area contributed by atoms with E-state index >= 15 is 0 Å². The second-order valence-electron chi connectivity index (χ2n) is 5.41. The first-order valence-corrected chi connectivity index (χ1v) is 8.21. The number of pyridine rings is 1. The maximum atomic E-state index is 12.7. The third kappa shape index (κ3) is 2.28. The number of aromatic hydroxyl groups is 1. The third-order valence-corrected chi connectivity index (χ3v) is 4.88. The van der Waals surface area contributed by atoms with Gasteiger partial charge in [0.05, 0.1) is 10.1 Å². The van der Waals surface area contributed by atoms with Gasteiger partial charge in [0.25, 0.3) is 5.56 Å². The molecule has 3 heterocycles. The fourth-order valence-corrected chi connectivity index (χ4v) is 3.77. The van der Waals surface area contributed by atoms with Gasteiger partial charge in [0.1, 0.15) is 11.4 Å². The van der Waals surface area contributed by atoms with E-state index in [-0.39, 0.29) is 11.3 Å². The smallest absolute Gasteiger partial charge is 0.275 e. The van der Waals surface area contributed by atoms with Crippen LogP contribution in [0.2, 0.25) is 0 Å². The van der Waals surface area contributed by atoms with Crippen LogP contribution < -0.4 is 5.56 Å². The molecule has 4 rings (SSSR count). The quantitative estimate of drug-likeness (QED) is 0.609. The van der Waals surface area contributed by atoms with Crippen molar-refractivity contribution in [1.29, 1.82) is 0 Å². The average Bonchev–Trinajstić information content (AvgIpc) is 3.05. The summed E-state index contributed by atoms with van der Waals surface area (Å²) in [4.78, 5) is 16.7. The Bertz CT molecular complexity index is 1080. The molecule has 118 valence electrons. The molecule has 0 aliphatic carbocycles. The molecule has 0 aliphatic heterocycles. The molecule has 0 spiro atoms. The predicted octanol–water partition coefficient (Wildman–Crippen LogP) is 3.43. The van der Waals surface area contributed by atoms with Crippen LogP contribution in [0.15, 0.2) is 59.0 Å². The molecule has 3 aromatic heterocycles. The highest BCUT2D eigenvalue weighted by atomic mass is 32.1. The van der Waals surface area contributed by atoms with Gasteiger partial charge >= 0.3 is 0 Å². The van der Waals surface area contributed by atoms with Crippen LogP contribution in [0.1, 0.15) is 0 Å². The van der Waals surface area contributed by atoms with Crippen LogP contribution >= 0.6 is 11.3 Å². The zero-order valence-corrected chi connectivity index (χ0v) is 13.6. The first-order chi connectivity index (χ1) is 11.6. The normalized spacial score (nSPS) is 11.0. The van der Waals surface area contributed by atoms with E-state index in [0.717, 1.165) is 27.1 Å². The van der Waals surface area contributed by atoms with E-state index in [9.17, 15) is 9.90 Å².